The van der Waals surface area contributed by atoms with Crippen LogP contribution in [0.4, 0.5) is 5.69 Å². The van der Waals surface area contributed by atoms with Crippen molar-refractivity contribution in [3.8, 4) is 5.75 Å². The summed E-state index contributed by atoms with van der Waals surface area (Å²) in [6, 6.07) is 4.80. The Morgan fingerprint density at radius 2 is 2.18 bits per heavy atom. The van der Waals surface area contributed by atoms with E-state index in [9.17, 15) is 4.79 Å². The van der Waals surface area contributed by atoms with E-state index in [1.54, 1.807) is 25.3 Å². The van der Waals surface area contributed by atoms with Gasteiger partial charge in [0.25, 0.3) is 0 Å². The number of methoxy groups -OCH3 is 2. The summed E-state index contributed by atoms with van der Waals surface area (Å²) >= 11 is 6.03. The lowest BCUT2D eigenvalue weighted by Crippen LogP contribution is -2.29. The van der Waals surface area contributed by atoms with Crippen molar-refractivity contribution in [2.45, 2.75) is 19.4 Å². The van der Waals surface area contributed by atoms with Crippen LogP contribution in [-0.4, -0.2) is 26.2 Å². The second-order valence-electron chi connectivity index (χ2n) is 3.47. The summed E-state index contributed by atoms with van der Waals surface area (Å²) in [5.41, 5.74) is 0.656. The largest absolute Gasteiger partial charge is 0.497 e. The molecule has 0 saturated carbocycles. The molecule has 0 aliphatic rings. The highest BCUT2D eigenvalue weighted by Gasteiger charge is 2.17. The van der Waals surface area contributed by atoms with Crippen LogP contribution in [0.25, 0.3) is 0 Å². The zero-order valence-corrected chi connectivity index (χ0v) is 10.9. The fourth-order valence-corrected chi connectivity index (χ4v) is 1.57. The molecule has 5 heteroatoms. The second kappa shape index (κ2) is 6.35. The smallest absolute Gasteiger partial charge is 0.328 e. The Labute approximate surface area is 106 Å². The minimum Gasteiger partial charge on any atom is -0.497 e. The van der Waals surface area contributed by atoms with Crippen molar-refractivity contribution in [2.75, 3.05) is 19.5 Å². The van der Waals surface area contributed by atoms with Crippen LogP contribution in [0, 0.1) is 0 Å². The van der Waals surface area contributed by atoms with Gasteiger partial charge in [-0.2, -0.15) is 0 Å². The van der Waals surface area contributed by atoms with Crippen molar-refractivity contribution in [3.05, 3.63) is 23.2 Å². The first-order valence-electron chi connectivity index (χ1n) is 5.30. The van der Waals surface area contributed by atoms with Crippen LogP contribution in [0.15, 0.2) is 18.2 Å². The summed E-state index contributed by atoms with van der Waals surface area (Å²) < 4.78 is 9.79. The molecule has 0 aliphatic carbocycles. The fraction of sp³-hybridized carbons (Fsp3) is 0.417. The van der Waals surface area contributed by atoms with Crippen molar-refractivity contribution >= 4 is 23.3 Å². The Bertz CT molecular complexity index is 395. The number of carbonyl (C=O) groups excluding carboxylic acids is 1. The average molecular weight is 258 g/mol. The SMILES string of the molecule is CCC(Nc1cc(OC)ccc1Cl)C(=O)OC. The molecule has 1 unspecified atom stereocenters. The molecule has 0 bridgehead atoms. The Kier molecular flexibility index (Phi) is 5.10. The molecule has 0 heterocycles. The number of carbonyl (C=O) groups is 1. The number of ether oxygens (including phenoxy) is 2. The van der Waals surface area contributed by atoms with E-state index in [-0.39, 0.29) is 5.97 Å². The van der Waals surface area contributed by atoms with E-state index in [0.717, 1.165) is 0 Å². The lowest BCUT2D eigenvalue weighted by atomic mass is 10.2. The molecule has 1 N–H and O–H groups in total. The molecule has 1 aromatic rings. The third kappa shape index (κ3) is 3.53. The van der Waals surface area contributed by atoms with E-state index >= 15 is 0 Å². The van der Waals surface area contributed by atoms with Crippen LogP contribution in [-0.2, 0) is 9.53 Å². The molecule has 0 fully saturated rings. The molecule has 0 aromatic heterocycles. The molecular weight excluding hydrogens is 242 g/mol. The van der Waals surface area contributed by atoms with E-state index < -0.39 is 6.04 Å². The summed E-state index contributed by atoms with van der Waals surface area (Å²) in [5.74, 6) is 0.364. The maximum absolute atomic E-state index is 11.5. The highest BCUT2D eigenvalue weighted by Crippen LogP contribution is 2.27. The number of rotatable bonds is 5. The summed E-state index contributed by atoms with van der Waals surface area (Å²) in [7, 11) is 2.94. The van der Waals surface area contributed by atoms with Gasteiger partial charge in [0.15, 0.2) is 0 Å². The van der Waals surface area contributed by atoms with E-state index in [1.807, 2.05) is 6.92 Å². The molecule has 0 saturated heterocycles. The van der Waals surface area contributed by atoms with Gasteiger partial charge in [-0.15, -0.1) is 0 Å². The molecular formula is C12H16ClNO3. The first-order chi connectivity index (χ1) is 8.12. The van der Waals surface area contributed by atoms with E-state index in [0.29, 0.717) is 22.9 Å². The molecule has 0 amide bonds. The molecule has 1 atom stereocenters. The Morgan fingerprint density at radius 3 is 2.71 bits per heavy atom. The fourth-order valence-electron chi connectivity index (χ4n) is 1.40. The third-order valence-electron chi connectivity index (χ3n) is 2.40. The topological polar surface area (TPSA) is 47.6 Å². The number of hydrogen-bond donors (Lipinski definition) is 1. The molecule has 0 spiro atoms. The summed E-state index contributed by atoms with van der Waals surface area (Å²) in [6.07, 6.45) is 0.611. The van der Waals surface area contributed by atoms with Crippen molar-refractivity contribution < 1.29 is 14.3 Å². The number of anilines is 1. The molecule has 94 valence electrons. The third-order valence-corrected chi connectivity index (χ3v) is 2.73. The molecule has 1 rings (SSSR count). The quantitative estimate of drug-likeness (QED) is 0.824. The minimum atomic E-state index is -0.412. The predicted octanol–water partition coefficient (Wildman–Crippen LogP) is 2.71. The van der Waals surface area contributed by atoms with Crippen LogP contribution < -0.4 is 10.1 Å². The monoisotopic (exact) mass is 257 g/mol. The van der Waals surface area contributed by atoms with Crippen LogP contribution in [0.1, 0.15) is 13.3 Å². The number of nitrogens with one attached hydrogen (secondary N) is 1. The number of halogens is 1. The van der Waals surface area contributed by atoms with E-state index in [1.165, 1.54) is 7.11 Å². The van der Waals surface area contributed by atoms with E-state index in [4.69, 9.17) is 21.1 Å². The Morgan fingerprint density at radius 1 is 1.47 bits per heavy atom. The molecule has 0 aliphatic heterocycles. The molecule has 17 heavy (non-hydrogen) atoms. The first-order valence-corrected chi connectivity index (χ1v) is 5.68. The van der Waals surface area contributed by atoms with Crippen molar-refractivity contribution in [3.63, 3.8) is 0 Å². The standard InChI is InChI=1S/C12H16ClNO3/c1-4-10(12(15)17-3)14-11-7-8(16-2)5-6-9(11)13/h5-7,10,14H,4H2,1-3H3. The number of hydrogen-bond acceptors (Lipinski definition) is 4. The van der Waals surface area contributed by atoms with Gasteiger partial charge in [0.05, 0.1) is 24.9 Å². The zero-order valence-electron chi connectivity index (χ0n) is 10.1. The van der Waals surface area contributed by atoms with Gasteiger partial charge in [0, 0.05) is 6.07 Å². The van der Waals surface area contributed by atoms with Crippen LogP contribution in [0.3, 0.4) is 0 Å². The van der Waals surface area contributed by atoms with Crippen LogP contribution in [0.2, 0.25) is 5.02 Å². The van der Waals surface area contributed by atoms with Gasteiger partial charge in [0.1, 0.15) is 11.8 Å². The first kappa shape index (κ1) is 13.6. The van der Waals surface area contributed by atoms with Gasteiger partial charge < -0.3 is 14.8 Å². The van der Waals surface area contributed by atoms with E-state index in [2.05, 4.69) is 5.32 Å². The summed E-state index contributed by atoms with van der Waals surface area (Å²) in [6.45, 7) is 1.89. The Balaban J connectivity index is 2.88. The average Bonchev–Trinajstić information content (AvgIpc) is 2.36. The van der Waals surface area contributed by atoms with Crippen LogP contribution in [0.5, 0.6) is 5.75 Å². The van der Waals surface area contributed by atoms with Gasteiger partial charge >= 0.3 is 5.97 Å². The maximum Gasteiger partial charge on any atom is 0.328 e. The Hall–Kier alpha value is -1.42. The summed E-state index contributed by atoms with van der Waals surface area (Å²) in [4.78, 5) is 11.5. The molecule has 1 aromatic carbocycles. The van der Waals surface area contributed by atoms with Crippen molar-refractivity contribution in [2.24, 2.45) is 0 Å². The highest BCUT2D eigenvalue weighted by atomic mass is 35.5. The van der Waals surface area contributed by atoms with Gasteiger partial charge in [-0.1, -0.05) is 18.5 Å². The molecule has 4 nitrogen and oxygen atoms in total. The zero-order chi connectivity index (χ0) is 12.8. The predicted molar refractivity (Wildman–Crippen MR) is 67.7 cm³/mol. The van der Waals surface area contributed by atoms with Crippen molar-refractivity contribution in [1.82, 2.24) is 0 Å². The minimum absolute atomic E-state index is 0.314. The normalized spacial score (nSPS) is 11.8. The summed E-state index contributed by atoms with van der Waals surface area (Å²) in [5, 5.41) is 3.57. The van der Waals surface area contributed by atoms with Gasteiger partial charge in [-0.25, -0.2) is 4.79 Å². The lowest BCUT2D eigenvalue weighted by molar-refractivity contribution is -0.141. The van der Waals surface area contributed by atoms with Crippen molar-refractivity contribution in [1.29, 1.82) is 0 Å². The number of benzene rings is 1. The molecule has 0 radical (unpaired) electrons. The highest BCUT2D eigenvalue weighted by molar-refractivity contribution is 6.33. The van der Waals surface area contributed by atoms with Gasteiger partial charge in [-0.05, 0) is 18.6 Å². The lowest BCUT2D eigenvalue weighted by Gasteiger charge is -2.17. The maximum atomic E-state index is 11.5. The number of esters is 1. The van der Waals surface area contributed by atoms with Gasteiger partial charge in [-0.3, -0.25) is 0 Å². The second-order valence-corrected chi connectivity index (χ2v) is 3.88. The van der Waals surface area contributed by atoms with Gasteiger partial charge in [0.2, 0.25) is 0 Å². The van der Waals surface area contributed by atoms with Crippen LogP contribution >= 0.6 is 11.6 Å².